The van der Waals surface area contributed by atoms with Gasteiger partial charge in [0.1, 0.15) is 0 Å². The molecule has 14 nitrogen and oxygen atoms in total. The molecule has 0 fully saturated rings. The molecule has 0 aliphatic heterocycles. The van der Waals surface area contributed by atoms with Gasteiger partial charge < -0.3 is 21.3 Å². The van der Waals surface area contributed by atoms with Crippen molar-refractivity contribution in [2.45, 2.75) is 25.9 Å². The number of benzene rings is 5. The van der Waals surface area contributed by atoms with E-state index in [9.17, 15) is 28.8 Å². The van der Waals surface area contributed by atoms with Crippen molar-refractivity contribution in [3.8, 4) is 0 Å². The molecular formula is C40H28Cl6N8O6. The van der Waals surface area contributed by atoms with Crippen molar-refractivity contribution in [1.29, 1.82) is 0 Å². The molecule has 4 amide bonds. The first kappa shape index (κ1) is 45.3. The highest BCUT2D eigenvalue weighted by Gasteiger charge is 2.25. The number of azo groups is 2. The van der Waals surface area contributed by atoms with Crippen LogP contribution in [0.1, 0.15) is 34.6 Å². The molecule has 20 heteroatoms. The van der Waals surface area contributed by atoms with Crippen LogP contribution < -0.4 is 21.3 Å². The van der Waals surface area contributed by atoms with Gasteiger partial charge in [-0.2, -0.15) is 20.5 Å². The zero-order valence-electron chi connectivity index (χ0n) is 30.9. The van der Waals surface area contributed by atoms with Gasteiger partial charge in [-0.15, -0.1) is 0 Å². The van der Waals surface area contributed by atoms with Crippen molar-refractivity contribution in [1.82, 2.24) is 0 Å². The SMILES string of the molecule is CC(=O)C(N=Nc1cc(Cl)cc(C(=O)Nc2cccc(Cl)c2Cl)c1)C(=O)Nc1ccc(NC(=O)C(N=Nc2cc(Cl)cc(C(=O)Nc3cccc(Cl)c3Cl)c2)C(C)=O)cc1. The Bertz CT molecular complexity index is 2410. The zero-order chi connectivity index (χ0) is 43.7. The Kier molecular flexibility index (Phi) is 15.5. The lowest BCUT2D eigenvalue weighted by Gasteiger charge is -2.12. The molecule has 2 unspecified atom stereocenters. The summed E-state index contributed by atoms with van der Waals surface area (Å²) in [5.74, 6) is -4.11. The van der Waals surface area contributed by atoms with Crippen LogP contribution in [-0.2, 0) is 19.2 Å². The number of Topliss-reactive ketones (excluding diaryl/α,β-unsaturated/α-hetero) is 2. The second-order valence-electron chi connectivity index (χ2n) is 12.5. The number of hydrogen-bond acceptors (Lipinski definition) is 10. The first-order chi connectivity index (χ1) is 28.5. The Morgan fingerprint density at radius 2 is 0.850 bits per heavy atom. The van der Waals surface area contributed by atoms with Crippen LogP contribution in [0.15, 0.2) is 118 Å². The highest BCUT2D eigenvalue weighted by Crippen LogP contribution is 2.32. The lowest BCUT2D eigenvalue weighted by Crippen LogP contribution is -2.32. The van der Waals surface area contributed by atoms with Crippen molar-refractivity contribution in [3.63, 3.8) is 0 Å². The molecule has 4 N–H and O–H groups in total. The van der Waals surface area contributed by atoms with Crippen LogP contribution in [0.2, 0.25) is 30.1 Å². The Labute approximate surface area is 371 Å². The largest absolute Gasteiger partial charge is 0.324 e. The lowest BCUT2D eigenvalue weighted by molar-refractivity contribution is -0.127. The minimum atomic E-state index is -1.58. The summed E-state index contributed by atoms with van der Waals surface area (Å²) in [4.78, 5) is 77.0. The van der Waals surface area contributed by atoms with Crippen molar-refractivity contribution in [2.24, 2.45) is 20.5 Å². The Morgan fingerprint density at radius 3 is 1.20 bits per heavy atom. The van der Waals surface area contributed by atoms with Crippen LogP contribution in [0.5, 0.6) is 0 Å². The first-order valence-corrected chi connectivity index (χ1v) is 19.4. The molecule has 0 aliphatic carbocycles. The standard InChI is InChI=1S/C40H28Cl6N8O6/c1-19(55)35(53-51-27-15-21(13-23(41)17-27)37(57)49-31-7-3-5-29(43)33(31)45)39(59)47-25-9-11-26(12-10-25)48-40(60)36(20(2)56)54-52-28-16-22(14-24(42)18-28)38(58)50-32-8-4-6-30(44)34(32)46/h3-18,35-36H,1-2H3,(H,47,59)(H,48,60)(H,49,57)(H,50,58). The van der Waals surface area contributed by atoms with Gasteiger partial charge in [-0.05, 0) is 98.8 Å². The molecule has 306 valence electrons. The van der Waals surface area contributed by atoms with E-state index < -0.39 is 47.3 Å². The Balaban J connectivity index is 1.21. The average Bonchev–Trinajstić information content (AvgIpc) is 3.18. The molecule has 0 spiro atoms. The molecule has 0 saturated carbocycles. The lowest BCUT2D eigenvalue weighted by atomic mass is 10.1. The van der Waals surface area contributed by atoms with Gasteiger partial charge in [0.2, 0.25) is 12.1 Å². The number of nitrogens with one attached hydrogen (secondary N) is 4. The Morgan fingerprint density at radius 1 is 0.483 bits per heavy atom. The van der Waals surface area contributed by atoms with E-state index in [4.69, 9.17) is 69.6 Å². The maximum atomic E-state index is 13.1. The van der Waals surface area contributed by atoms with Gasteiger partial charge in [-0.1, -0.05) is 81.7 Å². The second kappa shape index (κ2) is 20.5. The number of carbonyl (C=O) groups excluding carboxylic acids is 6. The fraction of sp³-hybridized carbons (Fsp3) is 0.100. The molecule has 2 atom stereocenters. The van der Waals surface area contributed by atoms with Crippen LogP contribution in [0.25, 0.3) is 0 Å². The minimum absolute atomic E-state index is 0.0767. The smallest absolute Gasteiger partial charge is 0.258 e. The van der Waals surface area contributed by atoms with Crippen LogP contribution >= 0.6 is 69.6 Å². The maximum absolute atomic E-state index is 13.1. The number of carbonyl (C=O) groups is 6. The van der Waals surface area contributed by atoms with Gasteiger partial charge >= 0.3 is 0 Å². The van der Waals surface area contributed by atoms with Crippen LogP contribution in [0, 0.1) is 0 Å². The molecule has 0 bridgehead atoms. The monoisotopic (exact) mass is 926 g/mol. The van der Waals surface area contributed by atoms with Crippen molar-refractivity contribution >= 4 is 139 Å². The minimum Gasteiger partial charge on any atom is -0.324 e. The number of hydrogen-bond donors (Lipinski definition) is 4. The zero-order valence-corrected chi connectivity index (χ0v) is 35.4. The molecule has 0 heterocycles. The van der Waals surface area contributed by atoms with Gasteiger partial charge in [0.15, 0.2) is 11.6 Å². The van der Waals surface area contributed by atoms with E-state index in [1.807, 2.05) is 0 Å². The normalized spacial score (nSPS) is 12.1. The number of anilines is 4. The molecular weight excluding hydrogens is 901 g/mol. The fourth-order valence-corrected chi connectivity index (χ4v) is 6.21. The summed E-state index contributed by atoms with van der Waals surface area (Å²) in [5, 5.41) is 27.2. The predicted octanol–water partition coefficient (Wildman–Crippen LogP) is 11.5. The molecule has 0 aliphatic rings. The van der Waals surface area contributed by atoms with Gasteiger partial charge in [0.05, 0.1) is 42.8 Å². The number of ketones is 2. The van der Waals surface area contributed by atoms with Gasteiger partial charge in [-0.3, -0.25) is 28.8 Å². The predicted molar refractivity (Wildman–Crippen MR) is 233 cm³/mol. The highest BCUT2D eigenvalue weighted by atomic mass is 35.5. The number of amides is 4. The molecule has 0 aromatic heterocycles. The number of nitrogens with zero attached hydrogens (tertiary/aromatic N) is 4. The first-order valence-electron chi connectivity index (χ1n) is 17.2. The van der Waals surface area contributed by atoms with Crippen molar-refractivity contribution < 1.29 is 28.8 Å². The molecule has 0 radical (unpaired) electrons. The summed E-state index contributed by atoms with van der Waals surface area (Å²) in [6.45, 7) is 2.30. The van der Waals surface area contributed by atoms with Crippen LogP contribution in [-0.4, -0.2) is 47.3 Å². The quantitative estimate of drug-likeness (QED) is 0.0630. The summed E-state index contributed by atoms with van der Waals surface area (Å²) in [6.07, 6.45) is 0. The third-order valence-electron chi connectivity index (χ3n) is 7.95. The summed E-state index contributed by atoms with van der Waals surface area (Å²) in [6, 6.07) is 20.2. The molecule has 60 heavy (non-hydrogen) atoms. The maximum Gasteiger partial charge on any atom is 0.258 e. The van der Waals surface area contributed by atoms with Crippen molar-refractivity contribution in [3.05, 3.63) is 138 Å². The summed E-state index contributed by atoms with van der Waals surface area (Å²) >= 11 is 36.8. The summed E-state index contributed by atoms with van der Waals surface area (Å²) in [5.41, 5.74) is 1.29. The van der Waals surface area contributed by atoms with E-state index in [-0.39, 0.29) is 75.4 Å². The van der Waals surface area contributed by atoms with Gasteiger partial charge in [0.25, 0.3) is 23.6 Å². The molecule has 5 aromatic carbocycles. The van der Waals surface area contributed by atoms with E-state index in [1.54, 1.807) is 36.4 Å². The number of rotatable bonds is 14. The molecule has 0 saturated heterocycles. The van der Waals surface area contributed by atoms with Gasteiger partial charge in [0, 0.05) is 32.5 Å². The topological polar surface area (TPSA) is 200 Å². The highest BCUT2D eigenvalue weighted by molar-refractivity contribution is 6.44. The third-order valence-corrected chi connectivity index (χ3v) is 10.0. The molecule has 5 aromatic rings. The van der Waals surface area contributed by atoms with Crippen LogP contribution in [0.4, 0.5) is 34.1 Å². The van der Waals surface area contributed by atoms with E-state index >= 15 is 0 Å². The van der Waals surface area contributed by atoms with Crippen molar-refractivity contribution in [2.75, 3.05) is 21.3 Å². The van der Waals surface area contributed by atoms with E-state index in [0.717, 1.165) is 13.8 Å². The number of halogens is 6. The average molecular weight is 929 g/mol. The fourth-order valence-electron chi connectivity index (χ4n) is 5.06. The third kappa shape index (κ3) is 12.2. The second-order valence-corrected chi connectivity index (χ2v) is 15.0. The Hall–Kier alpha value is -5.74. The summed E-state index contributed by atoms with van der Waals surface area (Å²) in [7, 11) is 0. The van der Waals surface area contributed by atoms with Crippen LogP contribution in [0.3, 0.4) is 0 Å². The van der Waals surface area contributed by atoms with E-state index in [0.29, 0.717) is 0 Å². The van der Waals surface area contributed by atoms with E-state index in [2.05, 4.69) is 41.7 Å². The van der Waals surface area contributed by atoms with Gasteiger partial charge in [-0.25, -0.2) is 0 Å². The molecule has 5 rings (SSSR count). The van der Waals surface area contributed by atoms with E-state index in [1.165, 1.54) is 60.7 Å². The summed E-state index contributed by atoms with van der Waals surface area (Å²) < 4.78 is 0.